The molecule has 1 amide bonds. The number of nitrogens with zero attached hydrogens (tertiary/aromatic N) is 3. The van der Waals surface area contributed by atoms with E-state index in [0.717, 1.165) is 6.07 Å². The van der Waals surface area contributed by atoms with Crippen LogP contribution in [0.1, 0.15) is 22.3 Å². The topological polar surface area (TPSA) is 150 Å². The zero-order valence-corrected chi connectivity index (χ0v) is 16.3. The highest BCUT2D eigenvalue weighted by Crippen LogP contribution is 2.30. The third-order valence-electron chi connectivity index (χ3n) is 4.88. The summed E-state index contributed by atoms with van der Waals surface area (Å²) in [4.78, 5) is 58.9. The van der Waals surface area contributed by atoms with Crippen LogP contribution in [0.4, 0.5) is 17.1 Å². The summed E-state index contributed by atoms with van der Waals surface area (Å²) >= 11 is 0. The van der Waals surface area contributed by atoms with Crippen LogP contribution in [0.3, 0.4) is 0 Å². The van der Waals surface area contributed by atoms with Crippen LogP contribution in [0.2, 0.25) is 0 Å². The maximum absolute atomic E-state index is 12.3. The standard InChI is InChI=1S/C20H17N3O8/c1-12-5-6-15(9-17(12)23(29)30)21-10-14(8-19(21)25)20(26)31-11-18(24)13-3-2-4-16(7-13)22(27)28/h2-7,9,14H,8,10-11H2,1H3/t14-/m1/s1. The summed E-state index contributed by atoms with van der Waals surface area (Å²) in [5, 5.41) is 21.9. The van der Waals surface area contributed by atoms with Gasteiger partial charge in [-0.3, -0.25) is 34.6 Å². The van der Waals surface area contributed by atoms with Crippen LogP contribution in [0, 0.1) is 33.1 Å². The second kappa shape index (κ2) is 8.69. The number of ketones is 1. The number of benzene rings is 2. The molecule has 1 saturated heterocycles. The first-order chi connectivity index (χ1) is 14.7. The van der Waals surface area contributed by atoms with Crippen molar-refractivity contribution in [2.45, 2.75) is 13.3 Å². The molecule has 2 aromatic carbocycles. The zero-order chi connectivity index (χ0) is 22.7. The molecule has 11 nitrogen and oxygen atoms in total. The Kier molecular flexibility index (Phi) is 6.05. The van der Waals surface area contributed by atoms with Gasteiger partial charge >= 0.3 is 5.97 Å². The number of ether oxygens (including phenoxy) is 1. The number of non-ortho nitro benzene ring substituents is 1. The van der Waals surface area contributed by atoms with Crippen LogP contribution >= 0.6 is 0 Å². The van der Waals surface area contributed by atoms with E-state index in [0.29, 0.717) is 11.3 Å². The molecule has 1 aliphatic rings. The number of hydrogen-bond donors (Lipinski definition) is 0. The second-order valence-corrected chi connectivity index (χ2v) is 6.97. The molecule has 1 atom stereocenters. The normalized spacial score (nSPS) is 15.6. The first-order valence-corrected chi connectivity index (χ1v) is 9.17. The van der Waals surface area contributed by atoms with Crippen molar-refractivity contribution in [2.24, 2.45) is 5.92 Å². The fourth-order valence-electron chi connectivity index (χ4n) is 3.21. The minimum atomic E-state index is -0.842. The van der Waals surface area contributed by atoms with E-state index in [-0.39, 0.29) is 29.9 Å². The molecule has 1 aliphatic heterocycles. The molecule has 2 aromatic rings. The van der Waals surface area contributed by atoms with Crippen molar-refractivity contribution in [3.05, 3.63) is 73.8 Å². The van der Waals surface area contributed by atoms with Gasteiger partial charge in [-0.25, -0.2) is 0 Å². The van der Waals surface area contributed by atoms with Crippen LogP contribution in [0.5, 0.6) is 0 Å². The highest BCUT2D eigenvalue weighted by molar-refractivity contribution is 6.01. The molecule has 0 bridgehead atoms. The van der Waals surface area contributed by atoms with Crippen LogP contribution in [-0.4, -0.2) is 40.7 Å². The number of aryl methyl sites for hydroxylation is 1. The molecule has 160 valence electrons. The molecule has 3 rings (SSSR count). The second-order valence-electron chi connectivity index (χ2n) is 6.97. The fraction of sp³-hybridized carbons (Fsp3) is 0.250. The van der Waals surface area contributed by atoms with Gasteiger partial charge in [0.25, 0.3) is 11.4 Å². The number of carbonyl (C=O) groups is 3. The Balaban J connectivity index is 1.64. The Morgan fingerprint density at radius 1 is 1.13 bits per heavy atom. The molecule has 0 N–H and O–H groups in total. The largest absolute Gasteiger partial charge is 0.457 e. The van der Waals surface area contributed by atoms with Crippen molar-refractivity contribution in [1.82, 2.24) is 0 Å². The maximum Gasteiger partial charge on any atom is 0.311 e. The van der Waals surface area contributed by atoms with Gasteiger partial charge in [0.15, 0.2) is 6.61 Å². The van der Waals surface area contributed by atoms with Gasteiger partial charge in [-0.05, 0) is 13.0 Å². The van der Waals surface area contributed by atoms with E-state index in [1.807, 2.05) is 0 Å². The summed E-state index contributed by atoms with van der Waals surface area (Å²) in [5.74, 6) is -2.63. The Labute approximate surface area is 175 Å². The van der Waals surface area contributed by atoms with E-state index in [1.165, 1.54) is 35.2 Å². The van der Waals surface area contributed by atoms with E-state index < -0.39 is 40.0 Å². The van der Waals surface area contributed by atoms with Gasteiger partial charge in [-0.15, -0.1) is 0 Å². The molecule has 11 heteroatoms. The van der Waals surface area contributed by atoms with Crippen molar-refractivity contribution in [2.75, 3.05) is 18.1 Å². The number of amides is 1. The summed E-state index contributed by atoms with van der Waals surface area (Å²) in [6.07, 6.45) is -0.161. The summed E-state index contributed by atoms with van der Waals surface area (Å²) in [7, 11) is 0. The van der Waals surface area contributed by atoms with Crippen molar-refractivity contribution >= 4 is 34.7 Å². The highest BCUT2D eigenvalue weighted by Gasteiger charge is 2.37. The lowest BCUT2D eigenvalue weighted by atomic mass is 10.1. The third kappa shape index (κ3) is 4.71. The van der Waals surface area contributed by atoms with E-state index in [1.54, 1.807) is 13.0 Å². The van der Waals surface area contributed by atoms with Crippen LogP contribution in [0.25, 0.3) is 0 Å². The van der Waals surface area contributed by atoms with Crippen molar-refractivity contribution in [1.29, 1.82) is 0 Å². The molecular formula is C20H17N3O8. The molecule has 1 fully saturated rings. The first-order valence-electron chi connectivity index (χ1n) is 9.17. The van der Waals surface area contributed by atoms with Crippen molar-refractivity contribution in [3.8, 4) is 0 Å². The van der Waals surface area contributed by atoms with Crippen molar-refractivity contribution in [3.63, 3.8) is 0 Å². The van der Waals surface area contributed by atoms with Crippen molar-refractivity contribution < 1.29 is 29.0 Å². The van der Waals surface area contributed by atoms with Crippen LogP contribution < -0.4 is 4.90 Å². The molecule has 0 spiro atoms. The van der Waals surface area contributed by atoms with Gasteiger partial charge in [-0.2, -0.15) is 0 Å². The van der Waals surface area contributed by atoms with Crippen LogP contribution in [0.15, 0.2) is 42.5 Å². The lowest BCUT2D eigenvalue weighted by Crippen LogP contribution is -2.27. The number of nitro benzene ring substituents is 2. The predicted octanol–water partition coefficient (Wildman–Crippen LogP) is 2.59. The van der Waals surface area contributed by atoms with Crippen LogP contribution in [-0.2, 0) is 14.3 Å². The molecule has 0 aliphatic carbocycles. The lowest BCUT2D eigenvalue weighted by Gasteiger charge is -2.16. The van der Waals surface area contributed by atoms with E-state index in [2.05, 4.69) is 0 Å². The van der Waals surface area contributed by atoms with E-state index in [9.17, 15) is 34.6 Å². The van der Waals surface area contributed by atoms with E-state index in [4.69, 9.17) is 4.74 Å². The summed E-state index contributed by atoms with van der Waals surface area (Å²) in [6.45, 7) is 0.913. The number of Topliss-reactive ketones (excluding diaryl/α,β-unsaturated/α-hetero) is 1. The van der Waals surface area contributed by atoms with Gasteiger partial charge in [0, 0.05) is 42.3 Å². The zero-order valence-electron chi connectivity index (χ0n) is 16.3. The maximum atomic E-state index is 12.3. The van der Waals surface area contributed by atoms with Gasteiger partial charge in [0.2, 0.25) is 11.7 Å². The van der Waals surface area contributed by atoms with Gasteiger partial charge in [0.05, 0.1) is 21.5 Å². The molecule has 0 aromatic heterocycles. The number of rotatable bonds is 7. The molecular weight excluding hydrogens is 410 g/mol. The monoisotopic (exact) mass is 427 g/mol. The SMILES string of the molecule is Cc1ccc(N2C[C@H](C(=O)OCC(=O)c3cccc([N+](=O)[O-])c3)CC2=O)cc1[N+](=O)[O-]. The highest BCUT2D eigenvalue weighted by atomic mass is 16.6. The summed E-state index contributed by atoms with van der Waals surface area (Å²) in [5.41, 5.74) is 0.361. The minimum absolute atomic E-state index is 0.0260. The van der Waals surface area contributed by atoms with Gasteiger partial charge in [-0.1, -0.05) is 18.2 Å². The number of hydrogen-bond acceptors (Lipinski definition) is 8. The minimum Gasteiger partial charge on any atom is -0.457 e. The number of anilines is 1. The quantitative estimate of drug-likeness (QED) is 0.283. The molecule has 0 radical (unpaired) electrons. The number of carbonyl (C=O) groups excluding carboxylic acids is 3. The van der Waals surface area contributed by atoms with Gasteiger partial charge < -0.3 is 9.64 Å². The first kappa shape index (κ1) is 21.6. The molecule has 0 unspecified atom stereocenters. The Bertz CT molecular complexity index is 1100. The third-order valence-corrected chi connectivity index (χ3v) is 4.88. The lowest BCUT2D eigenvalue weighted by molar-refractivity contribution is -0.385. The number of nitro groups is 2. The molecule has 31 heavy (non-hydrogen) atoms. The average molecular weight is 427 g/mol. The van der Waals surface area contributed by atoms with Gasteiger partial charge in [0.1, 0.15) is 0 Å². The summed E-state index contributed by atoms with van der Waals surface area (Å²) < 4.78 is 5.01. The molecule has 1 heterocycles. The molecule has 0 saturated carbocycles. The number of esters is 1. The Morgan fingerprint density at radius 3 is 2.55 bits per heavy atom. The smallest absolute Gasteiger partial charge is 0.311 e. The Morgan fingerprint density at radius 2 is 1.87 bits per heavy atom. The van der Waals surface area contributed by atoms with E-state index >= 15 is 0 Å². The predicted molar refractivity (Wildman–Crippen MR) is 107 cm³/mol. The fourth-order valence-corrected chi connectivity index (χ4v) is 3.21. The summed E-state index contributed by atoms with van der Waals surface area (Å²) in [6, 6.07) is 9.38. The Hall–Kier alpha value is -4.15. The average Bonchev–Trinajstić information content (AvgIpc) is 3.13.